The van der Waals surface area contributed by atoms with Crippen molar-refractivity contribution in [2.75, 3.05) is 26.2 Å². The van der Waals surface area contributed by atoms with Crippen molar-refractivity contribution in [2.24, 2.45) is 0 Å². The summed E-state index contributed by atoms with van der Waals surface area (Å²) in [6.07, 6.45) is -1.92. The summed E-state index contributed by atoms with van der Waals surface area (Å²) >= 11 is 0. The number of carbonyl (C=O) groups is 2. The van der Waals surface area contributed by atoms with E-state index >= 15 is 0 Å². The number of ether oxygens (including phenoxy) is 2. The zero-order valence-electron chi connectivity index (χ0n) is 15.4. The Hall–Kier alpha value is -2.32. The number of benzene rings is 1. The Labute approximate surface area is 153 Å². The molecule has 2 rings (SSSR count). The van der Waals surface area contributed by atoms with E-state index in [2.05, 4.69) is 0 Å². The van der Waals surface area contributed by atoms with E-state index in [1.165, 1.54) is 4.90 Å². The van der Waals surface area contributed by atoms with Gasteiger partial charge in [-0.05, 0) is 26.3 Å². The van der Waals surface area contributed by atoms with E-state index in [0.29, 0.717) is 0 Å². The highest BCUT2D eigenvalue weighted by Crippen LogP contribution is 2.14. The van der Waals surface area contributed by atoms with Crippen LogP contribution in [0.25, 0.3) is 0 Å². The molecule has 1 saturated heterocycles. The van der Waals surface area contributed by atoms with Crippen LogP contribution in [0.15, 0.2) is 30.3 Å². The van der Waals surface area contributed by atoms with Gasteiger partial charge in [-0.3, -0.25) is 4.84 Å². The van der Waals surface area contributed by atoms with Crippen LogP contribution in [0.4, 0.5) is 9.59 Å². The molecular formula is C18H26N2O6. The van der Waals surface area contributed by atoms with Crippen molar-refractivity contribution in [3.63, 3.8) is 0 Å². The molecule has 0 aromatic heterocycles. The van der Waals surface area contributed by atoms with E-state index in [-0.39, 0.29) is 32.8 Å². The van der Waals surface area contributed by atoms with Gasteiger partial charge in [0.1, 0.15) is 18.3 Å². The van der Waals surface area contributed by atoms with Crippen molar-refractivity contribution in [3.8, 4) is 0 Å². The van der Waals surface area contributed by atoms with Crippen LogP contribution in [0, 0.1) is 0 Å². The number of aliphatic hydroxyl groups excluding tert-OH is 1. The SMILES string of the molecule is CC(C)(C)OC(=O)N1CCN(C(=O)OCc2ccccc2)OC(CO)C1. The summed E-state index contributed by atoms with van der Waals surface area (Å²) < 4.78 is 10.6. The zero-order chi connectivity index (χ0) is 19.2. The van der Waals surface area contributed by atoms with Gasteiger partial charge in [0.05, 0.1) is 19.7 Å². The third-order valence-electron chi connectivity index (χ3n) is 3.54. The van der Waals surface area contributed by atoms with Gasteiger partial charge in [0, 0.05) is 6.54 Å². The summed E-state index contributed by atoms with van der Waals surface area (Å²) in [5.74, 6) is 0. The molecule has 8 nitrogen and oxygen atoms in total. The van der Waals surface area contributed by atoms with E-state index in [1.807, 2.05) is 30.3 Å². The molecule has 8 heteroatoms. The Morgan fingerprint density at radius 2 is 1.88 bits per heavy atom. The number of carbonyl (C=O) groups excluding carboxylic acids is 2. The number of amides is 2. The molecule has 2 amide bonds. The second-order valence-corrected chi connectivity index (χ2v) is 6.98. The van der Waals surface area contributed by atoms with Crippen molar-refractivity contribution in [1.82, 2.24) is 9.96 Å². The Morgan fingerprint density at radius 1 is 1.19 bits per heavy atom. The number of rotatable bonds is 3. The number of hydrogen-bond donors (Lipinski definition) is 1. The molecule has 26 heavy (non-hydrogen) atoms. The smallest absolute Gasteiger partial charge is 0.434 e. The number of aliphatic hydroxyl groups is 1. The second-order valence-electron chi connectivity index (χ2n) is 6.98. The summed E-state index contributed by atoms with van der Waals surface area (Å²) in [6, 6.07) is 9.27. The third kappa shape index (κ3) is 6.20. The highest BCUT2D eigenvalue weighted by atomic mass is 16.7. The molecule has 1 N–H and O–H groups in total. The molecule has 1 aliphatic heterocycles. The maximum Gasteiger partial charge on any atom is 0.434 e. The van der Waals surface area contributed by atoms with Gasteiger partial charge in [-0.1, -0.05) is 30.3 Å². The number of hydrogen-bond acceptors (Lipinski definition) is 6. The summed E-state index contributed by atoms with van der Waals surface area (Å²) in [6.45, 7) is 5.53. The molecule has 0 radical (unpaired) electrons. The zero-order valence-corrected chi connectivity index (χ0v) is 15.4. The molecule has 1 aliphatic rings. The van der Waals surface area contributed by atoms with E-state index in [0.717, 1.165) is 10.6 Å². The summed E-state index contributed by atoms with van der Waals surface area (Å²) in [5, 5.41) is 10.5. The second kappa shape index (κ2) is 8.86. The fraction of sp³-hybridized carbons (Fsp3) is 0.556. The highest BCUT2D eigenvalue weighted by molar-refractivity contribution is 5.69. The van der Waals surface area contributed by atoms with Gasteiger partial charge < -0.3 is 19.5 Å². The van der Waals surface area contributed by atoms with Gasteiger partial charge in [-0.2, -0.15) is 5.06 Å². The first kappa shape index (κ1) is 20.0. The average molecular weight is 366 g/mol. The van der Waals surface area contributed by atoms with E-state index in [4.69, 9.17) is 14.3 Å². The van der Waals surface area contributed by atoms with Crippen LogP contribution >= 0.6 is 0 Å². The molecule has 0 spiro atoms. The minimum absolute atomic E-state index is 0.110. The molecule has 1 unspecified atom stereocenters. The normalized spacial score (nSPS) is 18.2. The Kier molecular flexibility index (Phi) is 6.82. The molecule has 144 valence electrons. The quantitative estimate of drug-likeness (QED) is 0.882. The number of nitrogens with zero attached hydrogens (tertiary/aromatic N) is 2. The largest absolute Gasteiger partial charge is 0.444 e. The molecule has 1 heterocycles. The van der Waals surface area contributed by atoms with Gasteiger partial charge in [0.25, 0.3) is 0 Å². The highest BCUT2D eigenvalue weighted by Gasteiger charge is 2.31. The van der Waals surface area contributed by atoms with Crippen LogP contribution in [0.5, 0.6) is 0 Å². The monoisotopic (exact) mass is 366 g/mol. The average Bonchev–Trinajstić information content (AvgIpc) is 2.82. The Bertz CT molecular complexity index is 601. The van der Waals surface area contributed by atoms with E-state index < -0.39 is 23.9 Å². The Morgan fingerprint density at radius 3 is 2.50 bits per heavy atom. The van der Waals surface area contributed by atoms with Crippen LogP contribution in [-0.2, 0) is 20.9 Å². The van der Waals surface area contributed by atoms with E-state index in [9.17, 15) is 14.7 Å². The maximum atomic E-state index is 12.3. The van der Waals surface area contributed by atoms with Crippen molar-refractivity contribution in [3.05, 3.63) is 35.9 Å². The Balaban J connectivity index is 1.94. The van der Waals surface area contributed by atoms with Crippen LogP contribution in [-0.4, -0.2) is 65.2 Å². The molecule has 1 fully saturated rings. The lowest BCUT2D eigenvalue weighted by molar-refractivity contribution is -0.174. The van der Waals surface area contributed by atoms with Crippen molar-refractivity contribution >= 4 is 12.2 Å². The molecule has 0 saturated carbocycles. The molecule has 1 aromatic carbocycles. The molecule has 1 aromatic rings. The fourth-order valence-electron chi connectivity index (χ4n) is 2.32. The minimum Gasteiger partial charge on any atom is -0.444 e. The first-order valence-electron chi connectivity index (χ1n) is 8.52. The predicted molar refractivity (Wildman–Crippen MR) is 93.1 cm³/mol. The molecule has 1 atom stereocenters. The van der Waals surface area contributed by atoms with Gasteiger partial charge in [0.2, 0.25) is 0 Å². The predicted octanol–water partition coefficient (Wildman–Crippen LogP) is 2.17. The minimum atomic E-state index is -0.741. The fourth-order valence-corrected chi connectivity index (χ4v) is 2.32. The lowest BCUT2D eigenvalue weighted by Gasteiger charge is -2.26. The third-order valence-corrected chi connectivity index (χ3v) is 3.54. The van der Waals surface area contributed by atoms with Gasteiger partial charge in [-0.15, -0.1) is 0 Å². The molecular weight excluding hydrogens is 340 g/mol. The van der Waals surface area contributed by atoms with Crippen LogP contribution in [0.2, 0.25) is 0 Å². The van der Waals surface area contributed by atoms with Gasteiger partial charge >= 0.3 is 12.2 Å². The van der Waals surface area contributed by atoms with Crippen LogP contribution < -0.4 is 0 Å². The van der Waals surface area contributed by atoms with Crippen molar-refractivity contribution in [2.45, 2.75) is 39.1 Å². The van der Waals surface area contributed by atoms with Crippen LogP contribution in [0.1, 0.15) is 26.3 Å². The maximum absolute atomic E-state index is 12.3. The van der Waals surface area contributed by atoms with Crippen molar-refractivity contribution < 1.29 is 29.0 Å². The summed E-state index contributed by atoms with van der Waals surface area (Å²) in [4.78, 5) is 31.4. The number of hydroxylamine groups is 2. The van der Waals surface area contributed by atoms with Gasteiger partial charge in [0.15, 0.2) is 0 Å². The van der Waals surface area contributed by atoms with Crippen molar-refractivity contribution in [1.29, 1.82) is 0 Å². The lowest BCUT2D eigenvalue weighted by Crippen LogP contribution is -2.41. The van der Waals surface area contributed by atoms with Gasteiger partial charge in [-0.25, -0.2) is 9.59 Å². The topological polar surface area (TPSA) is 88.5 Å². The first-order valence-corrected chi connectivity index (χ1v) is 8.52. The summed E-state index contributed by atoms with van der Waals surface area (Å²) in [7, 11) is 0. The first-order chi connectivity index (χ1) is 12.3. The summed E-state index contributed by atoms with van der Waals surface area (Å²) in [5.41, 5.74) is 0.220. The molecule has 0 bridgehead atoms. The lowest BCUT2D eigenvalue weighted by atomic mass is 10.2. The van der Waals surface area contributed by atoms with E-state index in [1.54, 1.807) is 20.8 Å². The standard InChI is InChI=1S/C18H26N2O6/c1-18(2,3)25-16(22)19-9-10-20(26-15(11-19)12-21)17(23)24-13-14-7-5-4-6-8-14/h4-8,15,21H,9-13H2,1-3H3. The molecule has 0 aliphatic carbocycles. The van der Waals surface area contributed by atoms with Crippen LogP contribution in [0.3, 0.4) is 0 Å².